The minimum Gasteiger partial charge on any atom is -0.508 e. The zero-order chi connectivity index (χ0) is 17.3. The van der Waals surface area contributed by atoms with Crippen molar-refractivity contribution in [2.75, 3.05) is 6.61 Å². The fraction of sp³-hybridized carbons (Fsp3) is 0.316. The highest BCUT2D eigenvalue weighted by Crippen LogP contribution is 2.14. The molecule has 0 spiro atoms. The fourth-order valence-corrected chi connectivity index (χ4v) is 1.75. The number of esters is 1. The molecule has 0 amide bonds. The predicted octanol–water partition coefficient (Wildman–Crippen LogP) is 3.61. The number of carbonyl (C=O) groups is 1. The van der Waals surface area contributed by atoms with Crippen molar-refractivity contribution in [2.24, 2.45) is 0 Å². The van der Waals surface area contributed by atoms with Gasteiger partial charge in [-0.2, -0.15) is 0 Å². The van der Waals surface area contributed by atoms with E-state index >= 15 is 0 Å². The Bertz CT molecular complexity index is 580. The third kappa shape index (κ3) is 8.02. The number of benzene rings is 1. The van der Waals surface area contributed by atoms with Crippen LogP contribution in [0.4, 0.5) is 0 Å². The highest BCUT2D eigenvalue weighted by molar-refractivity contribution is 5.87. The molecule has 0 saturated carbocycles. The Balaban J connectivity index is 2.37. The molecule has 4 heteroatoms. The minimum atomic E-state index is -0.875. The van der Waals surface area contributed by atoms with Crippen LogP contribution in [0.25, 0.3) is 6.08 Å². The highest BCUT2D eigenvalue weighted by atomic mass is 16.5. The van der Waals surface area contributed by atoms with Crippen LogP contribution in [0.1, 0.15) is 32.3 Å². The molecule has 0 aromatic heterocycles. The molecule has 0 radical (unpaired) electrons. The number of aromatic hydroxyl groups is 1. The van der Waals surface area contributed by atoms with E-state index < -0.39 is 11.6 Å². The summed E-state index contributed by atoms with van der Waals surface area (Å²) in [5.41, 5.74) is 0.857. The van der Waals surface area contributed by atoms with Crippen molar-refractivity contribution in [2.45, 2.75) is 32.3 Å². The van der Waals surface area contributed by atoms with Gasteiger partial charge in [0.1, 0.15) is 12.4 Å². The Morgan fingerprint density at radius 3 is 2.61 bits per heavy atom. The summed E-state index contributed by atoms with van der Waals surface area (Å²) in [6, 6.07) is 6.51. The van der Waals surface area contributed by atoms with Gasteiger partial charge in [0, 0.05) is 6.08 Å². The molecule has 2 N–H and O–H groups in total. The first-order chi connectivity index (χ1) is 10.8. The minimum absolute atomic E-state index is 0.181. The lowest BCUT2D eigenvalue weighted by Crippen LogP contribution is -2.19. The van der Waals surface area contributed by atoms with E-state index in [1.165, 1.54) is 12.2 Å². The Kier molecular flexibility index (Phi) is 7.29. The molecule has 0 aliphatic rings. The Morgan fingerprint density at radius 2 is 2.00 bits per heavy atom. The largest absolute Gasteiger partial charge is 0.508 e. The molecule has 0 aliphatic carbocycles. The molecule has 0 fully saturated rings. The number of phenols is 1. The molecule has 1 atom stereocenters. The van der Waals surface area contributed by atoms with Crippen molar-refractivity contribution in [3.63, 3.8) is 0 Å². The molecule has 0 aliphatic heterocycles. The third-order valence-electron chi connectivity index (χ3n) is 3.33. The summed E-state index contributed by atoms with van der Waals surface area (Å²) in [5.74, 6) is -0.246. The van der Waals surface area contributed by atoms with E-state index in [4.69, 9.17) is 4.74 Å². The van der Waals surface area contributed by atoms with Crippen LogP contribution in [0, 0.1) is 0 Å². The van der Waals surface area contributed by atoms with Gasteiger partial charge in [-0.05, 0) is 56.0 Å². The number of phenolic OH excluding ortho intramolecular Hbond substituents is 1. The second kappa shape index (κ2) is 8.96. The van der Waals surface area contributed by atoms with Crippen molar-refractivity contribution >= 4 is 12.0 Å². The summed E-state index contributed by atoms with van der Waals surface area (Å²) >= 11 is 0. The molecule has 1 aromatic rings. The van der Waals surface area contributed by atoms with Crippen molar-refractivity contribution in [1.29, 1.82) is 0 Å². The number of rotatable bonds is 8. The van der Waals surface area contributed by atoms with Crippen LogP contribution >= 0.6 is 0 Å². The van der Waals surface area contributed by atoms with Gasteiger partial charge in [-0.25, -0.2) is 4.79 Å². The van der Waals surface area contributed by atoms with Crippen molar-refractivity contribution in [3.05, 3.63) is 60.2 Å². The van der Waals surface area contributed by atoms with E-state index in [0.29, 0.717) is 12.8 Å². The standard InChI is InChI=1S/C19H24O4/c1-4-19(3,22)13-5-6-15(2)14-23-18(21)12-9-16-7-10-17(20)11-8-16/h4,6-12,20,22H,1,5,13-14H2,2-3H3/b12-9+,15-6+/t19-/m0/s1. The van der Waals surface area contributed by atoms with E-state index in [1.54, 1.807) is 37.3 Å². The number of aliphatic hydroxyl groups is 1. The van der Waals surface area contributed by atoms with Crippen molar-refractivity contribution in [3.8, 4) is 5.75 Å². The van der Waals surface area contributed by atoms with Gasteiger partial charge in [0.2, 0.25) is 0 Å². The summed E-state index contributed by atoms with van der Waals surface area (Å²) in [7, 11) is 0. The lowest BCUT2D eigenvalue weighted by atomic mass is 10.00. The number of ether oxygens (including phenoxy) is 1. The number of allylic oxidation sites excluding steroid dienone is 1. The normalized spacial score (nSPS) is 14.5. The molecule has 0 bridgehead atoms. The van der Waals surface area contributed by atoms with Gasteiger partial charge < -0.3 is 14.9 Å². The second-order valence-corrected chi connectivity index (χ2v) is 5.68. The molecule has 1 rings (SSSR count). The van der Waals surface area contributed by atoms with Gasteiger partial charge in [-0.15, -0.1) is 6.58 Å². The van der Waals surface area contributed by atoms with E-state index in [-0.39, 0.29) is 12.4 Å². The summed E-state index contributed by atoms with van der Waals surface area (Å²) < 4.78 is 5.13. The number of hydrogen-bond acceptors (Lipinski definition) is 4. The molecule has 0 saturated heterocycles. The molecular weight excluding hydrogens is 292 g/mol. The summed E-state index contributed by atoms with van der Waals surface area (Å²) in [6.07, 6.45) is 7.69. The molecule has 0 unspecified atom stereocenters. The van der Waals surface area contributed by atoms with Crippen LogP contribution in [-0.4, -0.2) is 28.4 Å². The van der Waals surface area contributed by atoms with Crippen LogP contribution in [0.2, 0.25) is 0 Å². The molecule has 1 aromatic carbocycles. The van der Waals surface area contributed by atoms with Gasteiger partial charge in [0.25, 0.3) is 0 Å². The lowest BCUT2D eigenvalue weighted by Gasteiger charge is -2.16. The van der Waals surface area contributed by atoms with Gasteiger partial charge in [-0.3, -0.25) is 0 Å². The fourth-order valence-electron chi connectivity index (χ4n) is 1.75. The topological polar surface area (TPSA) is 66.8 Å². The smallest absolute Gasteiger partial charge is 0.331 e. The molecular formula is C19H24O4. The summed E-state index contributed by atoms with van der Waals surface area (Å²) in [4.78, 5) is 11.6. The zero-order valence-electron chi connectivity index (χ0n) is 13.7. The maximum atomic E-state index is 11.6. The van der Waals surface area contributed by atoms with Crippen molar-refractivity contribution < 1.29 is 19.7 Å². The molecule has 0 heterocycles. The predicted molar refractivity (Wildman–Crippen MR) is 91.9 cm³/mol. The number of carbonyl (C=O) groups excluding carboxylic acids is 1. The Morgan fingerprint density at radius 1 is 1.35 bits per heavy atom. The van der Waals surface area contributed by atoms with E-state index in [9.17, 15) is 15.0 Å². The first-order valence-corrected chi connectivity index (χ1v) is 7.48. The first kappa shape index (κ1) is 18.7. The summed E-state index contributed by atoms with van der Waals surface area (Å²) in [6.45, 7) is 7.38. The third-order valence-corrected chi connectivity index (χ3v) is 3.33. The van der Waals surface area contributed by atoms with Crippen LogP contribution in [0.3, 0.4) is 0 Å². The van der Waals surface area contributed by atoms with Crippen LogP contribution < -0.4 is 0 Å². The van der Waals surface area contributed by atoms with Gasteiger partial charge >= 0.3 is 5.97 Å². The van der Waals surface area contributed by atoms with Gasteiger partial charge in [0.05, 0.1) is 5.60 Å². The van der Waals surface area contributed by atoms with E-state index in [0.717, 1.165) is 11.1 Å². The lowest BCUT2D eigenvalue weighted by molar-refractivity contribution is -0.136. The first-order valence-electron chi connectivity index (χ1n) is 7.48. The monoisotopic (exact) mass is 316 g/mol. The SMILES string of the molecule is C=C[C@](C)(O)CC/C=C(\C)COC(=O)/C=C/c1ccc(O)cc1. The van der Waals surface area contributed by atoms with Gasteiger partial charge in [-0.1, -0.05) is 24.3 Å². The van der Waals surface area contributed by atoms with E-state index in [1.807, 2.05) is 13.0 Å². The van der Waals surface area contributed by atoms with Crippen LogP contribution in [0.15, 0.2) is 54.6 Å². The average Bonchev–Trinajstić information content (AvgIpc) is 2.52. The maximum absolute atomic E-state index is 11.6. The Labute approximate surface area is 137 Å². The molecule has 4 nitrogen and oxygen atoms in total. The van der Waals surface area contributed by atoms with Crippen LogP contribution in [0.5, 0.6) is 5.75 Å². The molecule has 23 heavy (non-hydrogen) atoms. The van der Waals surface area contributed by atoms with E-state index in [2.05, 4.69) is 6.58 Å². The average molecular weight is 316 g/mol. The second-order valence-electron chi connectivity index (χ2n) is 5.68. The quantitative estimate of drug-likeness (QED) is 0.437. The molecule has 124 valence electrons. The highest BCUT2D eigenvalue weighted by Gasteiger charge is 2.13. The van der Waals surface area contributed by atoms with Crippen molar-refractivity contribution in [1.82, 2.24) is 0 Å². The Hall–Kier alpha value is -2.33. The van der Waals surface area contributed by atoms with Gasteiger partial charge in [0.15, 0.2) is 0 Å². The maximum Gasteiger partial charge on any atom is 0.331 e. The summed E-state index contributed by atoms with van der Waals surface area (Å²) in [5, 5.41) is 19.0. The number of hydrogen-bond donors (Lipinski definition) is 2. The zero-order valence-corrected chi connectivity index (χ0v) is 13.7. The van der Waals surface area contributed by atoms with Crippen LogP contribution in [-0.2, 0) is 9.53 Å².